The summed E-state index contributed by atoms with van der Waals surface area (Å²) in [5.41, 5.74) is -0.257. The van der Waals surface area contributed by atoms with Gasteiger partial charge in [-0.25, -0.2) is 0 Å². The van der Waals surface area contributed by atoms with E-state index in [1.54, 1.807) is 19.1 Å². The van der Waals surface area contributed by atoms with E-state index in [9.17, 15) is 14.4 Å². The third-order valence-electron chi connectivity index (χ3n) is 3.61. The maximum atomic E-state index is 12.4. The van der Waals surface area contributed by atoms with Crippen LogP contribution in [0.15, 0.2) is 24.3 Å². The zero-order valence-electron chi connectivity index (χ0n) is 16.0. The van der Waals surface area contributed by atoms with Crippen LogP contribution in [0.25, 0.3) is 0 Å². The van der Waals surface area contributed by atoms with Crippen LogP contribution in [0.5, 0.6) is 0 Å². The number of hydrogen-bond donors (Lipinski definition) is 3. The van der Waals surface area contributed by atoms with Crippen LogP contribution < -0.4 is 10.6 Å². The van der Waals surface area contributed by atoms with E-state index >= 15 is 0 Å². The Morgan fingerprint density at radius 2 is 1.50 bits per heavy atom. The number of carboxylic acid groups (broad SMARTS) is 1. The van der Waals surface area contributed by atoms with Gasteiger partial charge < -0.3 is 20.5 Å². The molecular weight excluding hydrogens is 336 g/mol. The van der Waals surface area contributed by atoms with Crippen LogP contribution in [0.3, 0.4) is 0 Å². The van der Waals surface area contributed by atoms with E-state index in [4.69, 9.17) is 9.84 Å². The Hall–Kier alpha value is -2.41. The molecule has 0 aliphatic carbocycles. The molecule has 1 rings (SSSR count). The van der Waals surface area contributed by atoms with E-state index in [0.29, 0.717) is 17.7 Å². The molecule has 3 N–H and O–H groups in total. The van der Waals surface area contributed by atoms with Crippen molar-refractivity contribution in [1.29, 1.82) is 0 Å². The summed E-state index contributed by atoms with van der Waals surface area (Å²) in [6, 6.07) is 6.21. The Bertz CT molecular complexity index is 649. The summed E-state index contributed by atoms with van der Waals surface area (Å²) >= 11 is 0. The molecule has 0 heterocycles. The van der Waals surface area contributed by atoms with E-state index in [1.807, 2.05) is 20.8 Å². The predicted octanol–water partition coefficient (Wildman–Crippen LogP) is 2.07. The number of rotatable bonds is 8. The average molecular weight is 364 g/mol. The van der Waals surface area contributed by atoms with E-state index in [-0.39, 0.29) is 24.3 Å². The summed E-state index contributed by atoms with van der Waals surface area (Å²) in [7, 11) is 1.44. The topological polar surface area (TPSA) is 105 Å². The highest BCUT2D eigenvalue weighted by Crippen LogP contribution is 2.14. The third kappa shape index (κ3) is 7.23. The zero-order chi connectivity index (χ0) is 20.0. The molecule has 1 aromatic carbocycles. The number of ether oxygens (including phenoxy) is 1. The minimum atomic E-state index is -1.03. The molecule has 0 aromatic heterocycles. The van der Waals surface area contributed by atoms with Crippen LogP contribution >= 0.6 is 0 Å². The SMILES string of the molecule is COCC(C)(CC(=O)O)NC(=O)c1ccc(C(=O)NCC(C)(C)C)cc1. The quantitative estimate of drug-likeness (QED) is 0.655. The lowest BCUT2D eigenvalue weighted by Gasteiger charge is -2.28. The summed E-state index contributed by atoms with van der Waals surface area (Å²) in [5.74, 6) is -1.66. The second-order valence-corrected chi connectivity index (χ2v) is 7.84. The third-order valence-corrected chi connectivity index (χ3v) is 3.61. The fourth-order valence-corrected chi connectivity index (χ4v) is 2.35. The fourth-order valence-electron chi connectivity index (χ4n) is 2.35. The van der Waals surface area contributed by atoms with Crippen molar-refractivity contribution in [2.24, 2.45) is 5.41 Å². The van der Waals surface area contributed by atoms with Gasteiger partial charge in [0.2, 0.25) is 0 Å². The molecule has 0 bridgehead atoms. The van der Waals surface area contributed by atoms with Gasteiger partial charge in [-0.05, 0) is 36.6 Å². The van der Waals surface area contributed by atoms with Crippen molar-refractivity contribution < 1.29 is 24.2 Å². The van der Waals surface area contributed by atoms with Crippen LogP contribution in [0.1, 0.15) is 54.8 Å². The van der Waals surface area contributed by atoms with Crippen molar-refractivity contribution in [2.45, 2.75) is 39.7 Å². The minimum Gasteiger partial charge on any atom is -0.481 e. The van der Waals surface area contributed by atoms with E-state index in [1.165, 1.54) is 19.2 Å². The van der Waals surface area contributed by atoms with Crippen LogP contribution in [0.4, 0.5) is 0 Å². The van der Waals surface area contributed by atoms with Gasteiger partial charge in [-0.15, -0.1) is 0 Å². The molecule has 0 spiro atoms. The Balaban J connectivity index is 2.79. The molecule has 0 saturated carbocycles. The molecule has 1 atom stereocenters. The van der Waals surface area contributed by atoms with Gasteiger partial charge in [-0.1, -0.05) is 20.8 Å². The highest BCUT2D eigenvalue weighted by Gasteiger charge is 2.30. The maximum Gasteiger partial charge on any atom is 0.305 e. The van der Waals surface area contributed by atoms with Gasteiger partial charge in [-0.3, -0.25) is 14.4 Å². The van der Waals surface area contributed by atoms with E-state index < -0.39 is 17.4 Å². The lowest BCUT2D eigenvalue weighted by Crippen LogP contribution is -2.50. The van der Waals surface area contributed by atoms with E-state index in [0.717, 1.165) is 0 Å². The van der Waals surface area contributed by atoms with Crippen molar-refractivity contribution in [3.63, 3.8) is 0 Å². The number of carboxylic acids is 1. The monoisotopic (exact) mass is 364 g/mol. The summed E-state index contributed by atoms with van der Waals surface area (Å²) in [4.78, 5) is 35.5. The number of hydrogen-bond acceptors (Lipinski definition) is 4. The van der Waals surface area contributed by atoms with Crippen molar-refractivity contribution in [3.05, 3.63) is 35.4 Å². The Kier molecular flexibility index (Phi) is 7.32. The van der Waals surface area contributed by atoms with Gasteiger partial charge >= 0.3 is 5.97 Å². The molecule has 0 aliphatic heterocycles. The highest BCUT2D eigenvalue weighted by atomic mass is 16.5. The minimum absolute atomic E-state index is 0.0224. The van der Waals surface area contributed by atoms with E-state index in [2.05, 4.69) is 10.6 Å². The molecule has 26 heavy (non-hydrogen) atoms. The van der Waals surface area contributed by atoms with Gasteiger partial charge in [0.1, 0.15) is 0 Å². The Labute approximate surface area is 154 Å². The Morgan fingerprint density at radius 1 is 1.00 bits per heavy atom. The molecule has 1 unspecified atom stereocenters. The molecule has 144 valence electrons. The van der Waals surface area contributed by atoms with Crippen molar-refractivity contribution in [1.82, 2.24) is 10.6 Å². The molecule has 7 heteroatoms. The molecule has 7 nitrogen and oxygen atoms in total. The average Bonchev–Trinajstić information content (AvgIpc) is 2.51. The highest BCUT2D eigenvalue weighted by molar-refractivity contribution is 5.98. The van der Waals surface area contributed by atoms with Gasteiger partial charge in [0, 0.05) is 24.8 Å². The first-order valence-electron chi connectivity index (χ1n) is 8.37. The number of carbonyl (C=O) groups is 3. The first-order chi connectivity index (χ1) is 12.0. The second-order valence-electron chi connectivity index (χ2n) is 7.84. The first-order valence-corrected chi connectivity index (χ1v) is 8.37. The van der Waals surface area contributed by atoms with Gasteiger partial charge in [0.05, 0.1) is 18.6 Å². The van der Waals surface area contributed by atoms with Crippen LogP contribution in [0.2, 0.25) is 0 Å². The largest absolute Gasteiger partial charge is 0.481 e. The molecule has 0 saturated heterocycles. The summed E-state index contributed by atoms with van der Waals surface area (Å²) in [6.07, 6.45) is -0.264. The Morgan fingerprint density at radius 3 is 1.92 bits per heavy atom. The zero-order valence-corrected chi connectivity index (χ0v) is 16.0. The lowest BCUT2D eigenvalue weighted by atomic mass is 9.97. The smallest absolute Gasteiger partial charge is 0.305 e. The number of amides is 2. The van der Waals surface area contributed by atoms with Gasteiger partial charge in [-0.2, -0.15) is 0 Å². The van der Waals surface area contributed by atoms with Gasteiger partial charge in [0.25, 0.3) is 11.8 Å². The summed E-state index contributed by atoms with van der Waals surface area (Å²) in [6.45, 7) is 8.28. The number of nitrogens with one attached hydrogen (secondary N) is 2. The molecule has 2 amide bonds. The fraction of sp³-hybridized carbons (Fsp3) is 0.526. The number of carbonyl (C=O) groups excluding carboxylic acids is 2. The van der Waals surface area contributed by atoms with Crippen LogP contribution in [-0.2, 0) is 9.53 Å². The number of aliphatic carboxylic acids is 1. The predicted molar refractivity (Wildman–Crippen MR) is 98.2 cm³/mol. The molecule has 1 aromatic rings. The summed E-state index contributed by atoms with van der Waals surface area (Å²) in [5, 5.41) is 14.5. The summed E-state index contributed by atoms with van der Waals surface area (Å²) < 4.78 is 5.02. The van der Waals surface area contributed by atoms with Crippen LogP contribution in [-0.4, -0.2) is 48.7 Å². The lowest BCUT2D eigenvalue weighted by molar-refractivity contribution is -0.139. The maximum absolute atomic E-state index is 12.4. The van der Waals surface area contributed by atoms with Crippen LogP contribution in [0, 0.1) is 5.41 Å². The number of methoxy groups -OCH3 is 1. The molecular formula is C19H28N2O5. The van der Waals surface area contributed by atoms with Crippen molar-refractivity contribution in [2.75, 3.05) is 20.3 Å². The van der Waals surface area contributed by atoms with Crippen molar-refractivity contribution >= 4 is 17.8 Å². The van der Waals surface area contributed by atoms with Crippen molar-refractivity contribution in [3.8, 4) is 0 Å². The molecule has 0 fully saturated rings. The standard InChI is InChI=1S/C19H28N2O5/c1-18(2,3)11-20-16(24)13-6-8-14(9-7-13)17(25)21-19(4,12-26-5)10-15(22)23/h6-9H,10-12H2,1-5H3,(H,20,24)(H,21,25)(H,22,23). The first kappa shape index (κ1) is 21.6. The number of benzene rings is 1. The molecule has 0 aliphatic rings. The molecule has 0 radical (unpaired) electrons. The second kappa shape index (κ2) is 8.80. The van der Waals surface area contributed by atoms with Gasteiger partial charge in [0.15, 0.2) is 0 Å². The normalized spacial score (nSPS) is 13.6.